The van der Waals surface area contributed by atoms with E-state index >= 15 is 0 Å². The van der Waals surface area contributed by atoms with E-state index in [-0.39, 0.29) is 12.1 Å². The maximum atomic E-state index is 5.74. The van der Waals surface area contributed by atoms with Gasteiger partial charge in [-0.2, -0.15) is 0 Å². The van der Waals surface area contributed by atoms with Crippen LogP contribution in [-0.2, 0) is 4.74 Å². The van der Waals surface area contributed by atoms with Crippen LogP contribution < -0.4 is 5.32 Å². The Hall–Kier alpha value is -1.73. The van der Waals surface area contributed by atoms with E-state index in [4.69, 9.17) is 16.3 Å². The highest BCUT2D eigenvalue weighted by Gasteiger charge is 2.30. The molecule has 0 spiro atoms. The Kier molecular flexibility index (Phi) is 3.07. The zero-order valence-corrected chi connectivity index (χ0v) is 10.2. The van der Waals surface area contributed by atoms with Crippen LogP contribution in [0, 0.1) is 0 Å². The summed E-state index contributed by atoms with van der Waals surface area (Å²) in [5.41, 5.74) is 0. The van der Waals surface area contributed by atoms with Crippen molar-refractivity contribution in [2.24, 2.45) is 0 Å². The zero-order valence-electron chi connectivity index (χ0n) is 9.40. The molecular weight excluding hydrogens is 256 g/mol. The van der Waals surface area contributed by atoms with Gasteiger partial charge in [-0.05, 0) is 0 Å². The fourth-order valence-electron chi connectivity index (χ4n) is 1.89. The summed E-state index contributed by atoms with van der Waals surface area (Å²) in [4.78, 5) is 8.21. The van der Waals surface area contributed by atoms with Gasteiger partial charge in [0.25, 0.3) is 0 Å². The number of aromatic nitrogens is 5. The van der Waals surface area contributed by atoms with Crippen molar-refractivity contribution in [2.75, 3.05) is 18.5 Å². The molecule has 1 aliphatic heterocycles. The summed E-state index contributed by atoms with van der Waals surface area (Å²) in [6, 6.07) is 0.152. The molecule has 0 amide bonds. The minimum Gasteiger partial charge on any atom is -0.377 e. The molecule has 0 bridgehead atoms. The van der Waals surface area contributed by atoms with Gasteiger partial charge in [0.05, 0.1) is 48.9 Å². The fraction of sp³-hybridized carbons (Fsp3) is 0.400. The molecule has 1 saturated heterocycles. The molecule has 1 N–H and O–H groups in total. The molecule has 0 saturated carbocycles. The van der Waals surface area contributed by atoms with E-state index in [0.717, 1.165) is 0 Å². The second kappa shape index (κ2) is 4.87. The number of anilines is 1. The van der Waals surface area contributed by atoms with Crippen molar-refractivity contribution in [3.05, 3.63) is 29.8 Å². The highest BCUT2D eigenvalue weighted by molar-refractivity contribution is 6.30. The van der Waals surface area contributed by atoms with Gasteiger partial charge in [0, 0.05) is 6.20 Å². The quantitative estimate of drug-likeness (QED) is 0.884. The molecule has 7 nitrogen and oxygen atoms in total. The van der Waals surface area contributed by atoms with E-state index in [2.05, 4.69) is 25.6 Å². The molecule has 1 aliphatic rings. The molecule has 2 atom stereocenters. The normalized spacial score (nSPS) is 23.2. The summed E-state index contributed by atoms with van der Waals surface area (Å²) in [6.07, 6.45) is 6.57. The van der Waals surface area contributed by atoms with Gasteiger partial charge in [0.2, 0.25) is 5.95 Å². The molecule has 2 aromatic heterocycles. The number of ether oxygens (including phenoxy) is 1. The van der Waals surface area contributed by atoms with Crippen LogP contribution in [-0.4, -0.2) is 44.2 Å². The number of halogens is 1. The molecule has 3 rings (SSSR count). The summed E-state index contributed by atoms with van der Waals surface area (Å²) < 4.78 is 7.24. The monoisotopic (exact) mass is 266 g/mol. The average molecular weight is 267 g/mol. The van der Waals surface area contributed by atoms with Gasteiger partial charge in [0.1, 0.15) is 0 Å². The van der Waals surface area contributed by atoms with Crippen LogP contribution in [0.3, 0.4) is 0 Å². The van der Waals surface area contributed by atoms with Crippen LogP contribution in [0.1, 0.15) is 6.04 Å². The van der Waals surface area contributed by atoms with Crippen molar-refractivity contribution in [3.63, 3.8) is 0 Å². The summed E-state index contributed by atoms with van der Waals surface area (Å²) in [6.45, 7) is 1.17. The minimum atomic E-state index is 0.0628. The van der Waals surface area contributed by atoms with Crippen LogP contribution in [0.4, 0.5) is 5.95 Å². The largest absolute Gasteiger partial charge is 0.377 e. The lowest BCUT2D eigenvalue weighted by Gasteiger charge is -2.18. The molecule has 94 valence electrons. The summed E-state index contributed by atoms with van der Waals surface area (Å²) >= 11 is 5.74. The first kappa shape index (κ1) is 11.4. The van der Waals surface area contributed by atoms with Gasteiger partial charge in [-0.1, -0.05) is 16.8 Å². The topological polar surface area (TPSA) is 77.8 Å². The smallest absolute Gasteiger partial charge is 0.223 e. The number of nitrogens with zero attached hydrogens (tertiary/aromatic N) is 5. The van der Waals surface area contributed by atoms with Crippen molar-refractivity contribution in [3.8, 4) is 0 Å². The lowest BCUT2D eigenvalue weighted by atomic mass is 10.2. The predicted molar refractivity (Wildman–Crippen MR) is 64.3 cm³/mol. The molecule has 0 radical (unpaired) electrons. The first-order valence-electron chi connectivity index (χ1n) is 5.50. The third-order valence-electron chi connectivity index (χ3n) is 2.77. The lowest BCUT2D eigenvalue weighted by molar-refractivity contribution is 0.183. The predicted octanol–water partition coefficient (Wildman–Crippen LogP) is 0.773. The summed E-state index contributed by atoms with van der Waals surface area (Å²) in [7, 11) is 0. The first-order valence-corrected chi connectivity index (χ1v) is 5.88. The Morgan fingerprint density at radius 3 is 2.89 bits per heavy atom. The van der Waals surface area contributed by atoms with E-state index in [1.54, 1.807) is 23.3 Å². The Bertz CT molecular complexity index is 502. The van der Waals surface area contributed by atoms with E-state index in [0.29, 0.717) is 24.2 Å². The highest BCUT2D eigenvalue weighted by atomic mass is 35.5. The fourth-order valence-corrected chi connectivity index (χ4v) is 1.99. The molecule has 18 heavy (non-hydrogen) atoms. The standard InChI is InChI=1S/C10H11ClN6O/c11-7-3-12-10(13-4-7)15-8-5-18-6-9(8)17-2-1-14-16-17/h1-4,8-9H,5-6H2,(H,12,13,15)/t8-,9+/m0/s1. The van der Waals surface area contributed by atoms with Gasteiger partial charge >= 0.3 is 0 Å². The van der Waals surface area contributed by atoms with E-state index in [9.17, 15) is 0 Å². The van der Waals surface area contributed by atoms with Crippen molar-refractivity contribution in [2.45, 2.75) is 12.1 Å². The maximum Gasteiger partial charge on any atom is 0.223 e. The average Bonchev–Trinajstić information content (AvgIpc) is 3.02. The van der Waals surface area contributed by atoms with Crippen LogP contribution in [0.2, 0.25) is 5.02 Å². The SMILES string of the molecule is Clc1cnc(N[C@H]2COC[C@H]2n2ccnn2)nc1. The van der Waals surface area contributed by atoms with Gasteiger partial charge in [0.15, 0.2) is 0 Å². The maximum absolute atomic E-state index is 5.74. The Labute approximate surface area is 108 Å². The molecule has 8 heteroatoms. The first-order chi connectivity index (χ1) is 8.83. The molecule has 2 aromatic rings. The van der Waals surface area contributed by atoms with Crippen LogP contribution in [0.5, 0.6) is 0 Å². The van der Waals surface area contributed by atoms with E-state index < -0.39 is 0 Å². The Morgan fingerprint density at radius 1 is 1.33 bits per heavy atom. The van der Waals surface area contributed by atoms with Crippen molar-refractivity contribution < 1.29 is 4.74 Å². The van der Waals surface area contributed by atoms with Crippen LogP contribution in [0.25, 0.3) is 0 Å². The number of hydrogen-bond donors (Lipinski definition) is 1. The van der Waals surface area contributed by atoms with E-state index in [1.165, 1.54) is 0 Å². The second-order valence-corrected chi connectivity index (χ2v) is 4.40. The Balaban J connectivity index is 1.73. The van der Waals surface area contributed by atoms with Gasteiger partial charge in [-0.3, -0.25) is 0 Å². The number of hydrogen-bond acceptors (Lipinski definition) is 6. The van der Waals surface area contributed by atoms with Crippen LogP contribution >= 0.6 is 11.6 Å². The Morgan fingerprint density at radius 2 is 2.17 bits per heavy atom. The van der Waals surface area contributed by atoms with E-state index in [1.807, 2.05) is 6.20 Å². The summed E-state index contributed by atoms with van der Waals surface area (Å²) in [5, 5.41) is 11.5. The molecular formula is C10H11ClN6O. The van der Waals surface area contributed by atoms with Crippen LogP contribution in [0.15, 0.2) is 24.8 Å². The molecule has 3 heterocycles. The molecule has 1 fully saturated rings. The van der Waals surface area contributed by atoms with Crippen molar-refractivity contribution >= 4 is 17.5 Å². The molecule has 0 aliphatic carbocycles. The number of nitrogens with one attached hydrogen (secondary N) is 1. The molecule has 0 unspecified atom stereocenters. The lowest BCUT2D eigenvalue weighted by Crippen LogP contribution is -2.31. The van der Waals surface area contributed by atoms with Gasteiger partial charge in [-0.25, -0.2) is 14.6 Å². The minimum absolute atomic E-state index is 0.0628. The highest BCUT2D eigenvalue weighted by Crippen LogP contribution is 2.21. The van der Waals surface area contributed by atoms with Crippen molar-refractivity contribution in [1.82, 2.24) is 25.0 Å². The zero-order chi connectivity index (χ0) is 12.4. The van der Waals surface area contributed by atoms with Gasteiger partial charge < -0.3 is 10.1 Å². The van der Waals surface area contributed by atoms with Gasteiger partial charge in [-0.15, -0.1) is 5.10 Å². The molecule has 0 aromatic carbocycles. The van der Waals surface area contributed by atoms with Crippen molar-refractivity contribution in [1.29, 1.82) is 0 Å². The summed E-state index contributed by atoms with van der Waals surface area (Å²) in [5.74, 6) is 0.528. The number of rotatable bonds is 3. The third kappa shape index (κ3) is 2.27. The third-order valence-corrected chi connectivity index (χ3v) is 2.96. The second-order valence-electron chi connectivity index (χ2n) is 3.96.